The molecule has 0 unspecified atom stereocenters. The number of carbonyl (C=O) groups excluding carboxylic acids is 1. The van der Waals surface area contributed by atoms with E-state index in [2.05, 4.69) is 90.4 Å². The summed E-state index contributed by atoms with van der Waals surface area (Å²) in [4.78, 5) is 11.4. The molecule has 0 spiro atoms. The second kappa shape index (κ2) is 8.80. The number of benzene rings is 2. The van der Waals surface area contributed by atoms with Crippen LogP contribution >= 0.6 is 90.4 Å². The number of aliphatic hydroxyl groups is 1. The first kappa shape index (κ1) is 19.9. The number of hydrogen-bond donors (Lipinski definition) is 2. The number of halogens is 4. The lowest BCUT2D eigenvalue weighted by atomic mass is 10.1. The van der Waals surface area contributed by atoms with Gasteiger partial charge >= 0.3 is 0 Å². The van der Waals surface area contributed by atoms with Crippen molar-refractivity contribution in [3.63, 3.8) is 0 Å². The summed E-state index contributed by atoms with van der Waals surface area (Å²) in [6.07, 6.45) is 0.206. The van der Waals surface area contributed by atoms with Gasteiger partial charge in [0.25, 0.3) is 0 Å². The smallest absolute Gasteiger partial charge is 0.162 e. The van der Waals surface area contributed by atoms with Crippen molar-refractivity contribution in [1.82, 2.24) is 0 Å². The largest absolute Gasteiger partial charge is 0.506 e. The summed E-state index contributed by atoms with van der Waals surface area (Å²) in [7, 11) is 0. The monoisotopic (exact) mass is 762 g/mol. The number of rotatable bonds is 5. The Bertz CT molecular complexity index is 715. The molecule has 0 atom stereocenters. The number of ketones is 1. The molecule has 0 fully saturated rings. The predicted molar refractivity (Wildman–Crippen MR) is 121 cm³/mol. The Labute approximate surface area is 187 Å². The molecule has 0 radical (unpaired) electrons. The number of aliphatic hydroxyl groups excluding tert-OH is 1. The quantitative estimate of drug-likeness (QED) is 0.434. The van der Waals surface area contributed by atoms with Gasteiger partial charge < -0.3 is 14.9 Å². The van der Waals surface area contributed by atoms with Crippen molar-refractivity contribution < 1.29 is 19.7 Å². The molecule has 122 valence electrons. The average Bonchev–Trinajstić information content (AvgIpc) is 2.48. The maximum Gasteiger partial charge on any atom is 0.162 e. The third kappa shape index (κ3) is 5.28. The molecule has 0 aliphatic rings. The van der Waals surface area contributed by atoms with Crippen LogP contribution in [0.25, 0.3) is 0 Å². The zero-order chi connectivity index (χ0) is 17.1. The number of phenols is 1. The Morgan fingerprint density at radius 3 is 1.96 bits per heavy atom. The van der Waals surface area contributed by atoms with Gasteiger partial charge in [0.2, 0.25) is 0 Å². The third-order valence-electron chi connectivity index (χ3n) is 2.85. The van der Waals surface area contributed by atoms with Crippen LogP contribution in [0.5, 0.6) is 17.2 Å². The molecule has 8 heteroatoms. The van der Waals surface area contributed by atoms with E-state index in [0.717, 1.165) is 19.8 Å². The van der Waals surface area contributed by atoms with E-state index in [1.54, 1.807) is 12.1 Å². The highest BCUT2D eigenvalue weighted by molar-refractivity contribution is 14.1. The van der Waals surface area contributed by atoms with Crippen molar-refractivity contribution in [2.45, 2.75) is 6.42 Å². The van der Waals surface area contributed by atoms with E-state index in [0.29, 0.717) is 11.5 Å². The van der Waals surface area contributed by atoms with E-state index in [1.807, 2.05) is 12.1 Å². The van der Waals surface area contributed by atoms with Crippen molar-refractivity contribution >= 4 is 96.1 Å². The van der Waals surface area contributed by atoms with Crippen LogP contribution in [0.1, 0.15) is 5.56 Å². The molecule has 2 rings (SSSR count). The summed E-state index contributed by atoms with van der Waals surface area (Å²) in [6.45, 7) is -0.449. The van der Waals surface area contributed by atoms with Crippen molar-refractivity contribution in [2.24, 2.45) is 0 Å². The highest BCUT2D eigenvalue weighted by Gasteiger charge is 2.14. The van der Waals surface area contributed by atoms with Gasteiger partial charge in [-0.1, -0.05) is 0 Å². The fourth-order valence-electron chi connectivity index (χ4n) is 1.81. The summed E-state index contributed by atoms with van der Waals surface area (Å²) >= 11 is 8.45. The van der Waals surface area contributed by atoms with E-state index >= 15 is 0 Å². The Kier molecular flexibility index (Phi) is 7.62. The van der Waals surface area contributed by atoms with E-state index in [9.17, 15) is 9.90 Å². The number of aromatic hydroxyl groups is 1. The number of carbonyl (C=O) groups is 1. The lowest BCUT2D eigenvalue weighted by Gasteiger charge is -2.13. The molecule has 2 aromatic rings. The third-order valence-corrected chi connectivity index (χ3v) is 6.09. The lowest BCUT2D eigenvalue weighted by molar-refractivity contribution is -0.121. The van der Waals surface area contributed by atoms with Crippen molar-refractivity contribution in [2.75, 3.05) is 6.61 Å². The van der Waals surface area contributed by atoms with Crippen LogP contribution in [0.15, 0.2) is 24.3 Å². The normalized spacial score (nSPS) is 10.7. The van der Waals surface area contributed by atoms with Crippen LogP contribution in [0.4, 0.5) is 0 Å². The fourth-order valence-corrected chi connectivity index (χ4v) is 5.64. The van der Waals surface area contributed by atoms with Crippen molar-refractivity contribution in [1.29, 1.82) is 0 Å². The molecule has 2 N–H and O–H groups in total. The molecule has 4 nitrogen and oxygen atoms in total. The summed E-state index contributed by atoms with van der Waals surface area (Å²) in [5, 5.41) is 18.7. The van der Waals surface area contributed by atoms with Crippen LogP contribution in [0.2, 0.25) is 0 Å². The SMILES string of the molecule is O=C(CO)Cc1cc(I)c(Oc2cc(I)c(O)c(I)c2)c(I)c1. The van der Waals surface area contributed by atoms with Crippen LogP contribution in [0, 0.1) is 14.3 Å². The van der Waals surface area contributed by atoms with Crippen LogP contribution in [-0.4, -0.2) is 22.6 Å². The lowest BCUT2D eigenvalue weighted by Crippen LogP contribution is -2.08. The molecule has 0 saturated heterocycles. The van der Waals surface area contributed by atoms with Gasteiger partial charge in [0.15, 0.2) is 11.5 Å². The first-order chi connectivity index (χ1) is 10.8. The minimum Gasteiger partial charge on any atom is -0.506 e. The summed E-state index contributed by atoms with van der Waals surface area (Å²) < 4.78 is 9.18. The molecule has 2 aromatic carbocycles. The van der Waals surface area contributed by atoms with Crippen molar-refractivity contribution in [3.05, 3.63) is 44.1 Å². The van der Waals surface area contributed by atoms with Crippen molar-refractivity contribution in [3.8, 4) is 17.2 Å². The van der Waals surface area contributed by atoms with Crippen LogP contribution in [0.3, 0.4) is 0 Å². The Balaban J connectivity index is 2.32. The van der Waals surface area contributed by atoms with E-state index in [-0.39, 0.29) is 18.0 Å². The minimum atomic E-state index is -0.449. The topological polar surface area (TPSA) is 66.8 Å². The maximum absolute atomic E-state index is 11.4. The number of hydrogen-bond acceptors (Lipinski definition) is 4. The maximum atomic E-state index is 11.4. The van der Waals surface area contributed by atoms with E-state index < -0.39 is 6.61 Å². The Morgan fingerprint density at radius 2 is 1.48 bits per heavy atom. The Morgan fingerprint density at radius 1 is 0.957 bits per heavy atom. The first-order valence-corrected chi connectivity index (χ1v) is 10.6. The molecular weight excluding hydrogens is 752 g/mol. The molecular formula is C15H10I4O4. The van der Waals surface area contributed by atoms with E-state index in [4.69, 9.17) is 9.84 Å². The first-order valence-electron chi connectivity index (χ1n) is 6.28. The van der Waals surface area contributed by atoms with Gasteiger partial charge in [0, 0.05) is 6.42 Å². The molecule has 23 heavy (non-hydrogen) atoms. The molecule has 0 bridgehead atoms. The van der Waals surface area contributed by atoms with Crippen LogP contribution in [-0.2, 0) is 11.2 Å². The predicted octanol–water partition coefficient (Wildman–Crippen LogP) is 4.71. The summed E-state index contributed by atoms with van der Waals surface area (Å²) in [5.41, 5.74) is 0.847. The van der Waals surface area contributed by atoms with Gasteiger partial charge in [-0.2, -0.15) is 0 Å². The van der Waals surface area contributed by atoms with Gasteiger partial charge in [-0.15, -0.1) is 0 Å². The second-order valence-electron chi connectivity index (χ2n) is 4.60. The zero-order valence-corrected chi connectivity index (χ0v) is 20.1. The second-order valence-corrected chi connectivity index (χ2v) is 9.25. The molecule has 0 aliphatic carbocycles. The average molecular weight is 762 g/mol. The number of ether oxygens (including phenoxy) is 1. The summed E-state index contributed by atoms with van der Waals surface area (Å²) in [5.74, 6) is 1.39. The van der Waals surface area contributed by atoms with Gasteiger partial charge in [-0.05, 0) is 120 Å². The fraction of sp³-hybridized carbons (Fsp3) is 0.133. The van der Waals surface area contributed by atoms with Gasteiger partial charge in [-0.25, -0.2) is 0 Å². The molecule has 0 aromatic heterocycles. The summed E-state index contributed by atoms with van der Waals surface area (Å²) in [6, 6.07) is 7.30. The highest BCUT2D eigenvalue weighted by Crippen LogP contribution is 2.36. The van der Waals surface area contributed by atoms with E-state index in [1.165, 1.54) is 0 Å². The molecule has 0 saturated carbocycles. The number of Topliss-reactive ketones (excluding diaryl/α,β-unsaturated/α-hetero) is 1. The van der Waals surface area contributed by atoms with Crippen LogP contribution < -0.4 is 4.74 Å². The highest BCUT2D eigenvalue weighted by atomic mass is 127. The standard InChI is InChI=1S/C15H10I4O4/c16-10-4-9(5-11(17)14(10)22)23-15-12(18)2-7(3-13(15)19)1-8(21)6-20/h2-5,20,22H,1,6H2. The molecule has 0 aliphatic heterocycles. The van der Waals surface area contributed by atoms with Gasteiger partial charge in [0.05, 0.1) is 14.3 Å². The minimum absolute atomic E-state index is 0.206. The zero-order valence-electron chi connectivity index (χ0n) is 11.4. The van der Waals surface area contributed by atoms with Gasteiger partial charge in [0.1, 0.15) is 18.1 Å². The Hall–Kier alpha value is 0.590. The molecule has 0 heterocycles. The molecule has 0 amide bonds. The number of phenolic OH excluding ortho intramolecular Hbond substituents is 1. The van der Waals surface area contributed by atoms with Gasteiger partial charge in [-0.3, -0.25) is 4.79 Å².